The van der Waals surface area contributed by atoms with Crippen LogP contribution in [-0.2, 0) is 0 Å². The van der Waals surface area contributed by atoms with Gasteiger partial charge in [0.05, 0.1) is 18.7 Å². The number of para-hydroxylation sites is 2. The summed E-state index contributed by atoms with van der Waals surface area (Å²) < 4.78 is 16.3. The Morgan fingerprint density at radius 2 is 2.00 bits per heavy atom. The Labute approximate surface area is 139 Å². The fraction of sp³-hybridized carbons (Fsp3) is 0.222. The minimum Gasteiger partial charge on any atom is -0.496 e. The maximum atomic E-state index is 12.6. The van der Waals surface area contributed by atoms with Crippen molar-refractivity contribution in [1.82, 2.24) is 5.32 Å². The predicted molar refractivity (Wildman–Crippen MR) is 86.2 cm³/mol. The fourth-order valence-corrected chi connectivity index (χ4v) is 2.55. The molecule has 122 valence electrons. The molecule has 0 saturated heterocycles. The van der Waals surface area contributed by atoms with E-state index in [2.05, 4.69) is 11.4 Å². The number of carbonyl (C=O) groups excluding carboxylic acids is 1. The molecule has 0 aliphatic carbocycles. The number of nitrogens with zero attached hydrogens (tertiary/aromatic N) is 1. The van der Waals surface area contributed by atoms with Crippen molar-refractivity contribution in [2.75, 3.05) is 20.3 Å². The van der Waals surface area contributed by atoms with Crippen LogP contribution in [0.2, 0.25) is 0 Å². The lowest BCUT2D eigenvalue weighted by atomic mass is 10.1. The zero-order chi connectivity index (χ0) is 16.9. The molecule has 0 saturated carbocycles. The van der Waals surface area contributed by atoms with Crippen LogP contribution in [0.15, 0.2) is 42.5 Å². The summed E-state index contributed by atoms with van der Waals surface area (Å²) in [5.41, 5.74) is 0.931. The molecule has 0 radical (unpaired) electrons. The number of nitrogens with one attached hydrogen (secondary N) is 1. The Balaban J connectivity index is 1.87. The minimum atomic E-state index is -0.839. The highest BCUT2D eigenvalue weighted by molar-refractivity contribution is 5.98. The third-order valence-electron chi connectivity index (χ3n) is 3.67. The van der Waals surface area contributed by atoms with Gasteiger partial charge in [-0.25, -0.2) is 0 Å². The molecule has 0 unspecified atom stereocenters. The highest BCUT2D eigenvalue weighted by Gasteiger charge is 2.24. The van der Waals surface area contributed by atoms with Crippen LogP contribution in [0.5, 0.6) is 17.2 Å². The molecule has 1 atom stereocenters. The van der Waals surface area contributed by atoms with Crippen molar-refractivity contribution in [1.29, 1.82) is 5.26 Å². The van der Waals surface area contributed by atoms with Crippen molar-refractivity contribution in [3.05, 3.63) is 53.6 Å². The first-order chi connectivity index (χ1) is 11.7. The van der Waals surface area contributed by atoms with Gasteiger partial charge in [0.1, 0.15) is 25.0 Å². The molecule has 0 aromatic heterocycles. The van der Waals surface area contributed by atoms with Crippen molar-refractivity contribution >= 4 is 5.91 Å². The molecular formula is C18H16N2O4. The van der Waals surface area contributed by atoms with Gasteiger partial charge >= 0.3 is 0 Å². The van der Waals surface area contributed by atoms with Crippen molar-refractivity contribution in [2.24, 2.45) is 0 Å². The van der Waals surface area contributed by atoms with Crippen LogP contribution in [-0.4, -0.2) is 26.2 Å². The number of benzene rings is 2. The second-order valence-corrected chi connectivity index (χ2v) is 5.11. The van der Waals surface area contributed by atoms with Crippen LogP contribution in [0.1, 0.15) is 22.0 Å². The number of nitriles is 1. The summed E-state index contributed by atoms with van der Waals surface area (Å²) in [4.78, 5) is 12.6. The Kier molecular flexibility index (Phi) is 4.52. The number of ether oxygens (including phenoxy) is 3. The van der Waals surface area contributed by atoms with Gasteiger partial charge in [0.25, 0.3) is 5.91 Å². The molecule has 2 aromatic carbocycles. The van der Waals surface area contributed by atoms with Crippen LogP contribution < -0.4 is 19.5 Å². The maximum absolute atomic E-state index is 12.6. The Hall–Kier alpha value is -3.20. The molecule has 1 amide bonds. The van der Waals surface area contributed by atoms with Crippen LogP contribution in [0.4, 0.5) is 0 Å². The number of amides is 1. The number of methoxy groups -OCH3 is 1. The lowest BCUT2D eigenvalue weighted by molar-refractivity contribution is 0.0933. The van der Waals surface area contributed by atoms with Gasteiger partial charge in [0, 0.05) is 5.56 Å². The second kappa shape index (κ2) is 6.92. The molecule has 6 nitrogen and oxygen atoms in total. The molecule has 6 heteroatoms. The van der Waals surface area contributed by atoms with E-state index >= 15 is 0 Å². The lowest BCUT2D eigenvalue weighted by Gasteiger charge is -2.21. The molecule has 2 aromatic rings. The highest BCUT2D eigenvalue weighted by Crippen LogP contribution is 2.34. The van der Waals surface area contributed by atoms with Crippen LogP contribution >= 0.6 is 0 Å². The van der Waals surface area contributed by atoms with Gasteiger partial charge in [-0.1, -0.05) is 24.3 Å². The topological polar surface area (TPSA) is 80.6 Å². The van der Waals surface area contributed by atoms with Gasteiger partial charge in [-0.15, -0.1) is 0 Å². The van der Waals surface area contributed by atoms with Crippen molar-refractivity contribution in [3.63, 3.8) is 0 Å². The van der Waals surface area contributed by atoms with Gasteiger partial charge in [0.15, 0.2) is 11.5 Å². The maximum Gasteiger partial charge on any atom is 0.256 e. The summed E-state index contributed by atoms with van der Waals surface area (Å²) in [7, 11) is 1.52. The quantitative estimate of drug-likeness (QED) is 0.934. The SMILES string of the molecule is COc1ccccc1[C@H](C#N)NC(=O)c1cccc2c1OCCO2. The van der Waals surface area contributed by atoms with Gasteiger partial charge in [-0.05, 0) is 18.2 Å². The van der Waals surface area contributed by atoms with E-state index in [4.69, 9.17) is 14.2 Å². The normalized spacial score (nSPS) is 13.5. The standard InChI is InChI=1S/C18H16N2O4/c1-22-15-7-3-2-5-12(15)14(11-19)20-18(21)13-6-4-8-16-17(13)24-10-9-23-16/h2-8,14H,9-10H2,1H3,(H,20,21)/t14-/m0/s1. The molecule has 1 heterocycles. The van der Waals surface area contributed by atoms with Crippen LogP contribution in [0, 0.1) is 11.3 Å². The first-order valence-electron chi connectivity index (χ1n) is 7.46. The van der Waals surface area contributed by atoms with E-state index < -0.39 is 11.9 Å². The molecule has 0 spiro atoms. The van der Waals surface area contributed by atoms with E-state index in [1.165, 1.54) is 7.11 Å². The largest absolute Gasteiger partial charge is 0.496 e. The number of fused-ring (bicyclic) bond motifs is 1. The molecule has 1 aliphatic heterocycles. The van der Waals surface area contributed by atoms with Gasteiger partial charge < -0.3 is 19.5 Å². The predicted octanol–water partition coefficient (Wildman–Crippen LogP) is 2.46. The van der Waals surface area contributed by atoms with E-state index in [0.29, 0.717) is 41.6 Å². The first kappa shape index (κ1) is 15.7. The molecule has 1 N–H and O–H groups in total. The zero-order valence-corrected chi connectivity index (χ0v) is 13.1. The number of rotatable bonds is 4. The van der Waals surface area contributed by atoms with E-state index in [1.807, 2.05) is 0 Å². The molecule has 1 aliphatic rings. The number of hydrogen-bond donors (Lipinski definition) is 1. The second-order valence-electron chi connectivity index (χ2n) is 5.11. The van der Waals surface area contributed by atoms with Crippen LogP contribution in [0.3, 0.4) is 0 Å². The van der Waals surface area contributed by atoms with Crippen molar-refractivity contribution in [3.8, 4) is 23.3 Å². The number of carbonyl (C=O) groups is 1. The Morgan fingerprint density at radius 3 is 2.79 bits per heavy atom. The first-order valence-corrected chi connectivity index (χ1v) is 7.46. The lowest BCUT2D eigenvalue weighted by Crippen LogP contribution is -2.29. The molecular weight excluding hydrogens is 308 g/mol. The molecule has 3 rings (SSSR count). The van der Waals surface area contributed by atoms with E-state index in [-0.39, 0.29) is 0 Å². The van der Waals surface area contributed by atoms with E-state index in [0.717, 1.165) is 0 Å². The summed E-state index contributed by atoms with van der Waals surface area (Å²) >= 11 is 0. The summed E-state index contributed by atoms with van der Waals surface area (Å²) in [5, 5.41) is 12.2. The highest BCUT2D eigenvalue weighted by atomic mass is 16.6. The summed E-state index contributed by atoms with van der Waals surface area (Å²) in [6.45, 7) is 0.825. The summed E-state index contributed by atoms with van der Waals surface area (Å²) in [6, 6.07) is 13.4. The van der Waals surface area contributed by atoms with Gasteiger partial charge in [0.2, 0.25) is 0 Å². The third kappa shape index (κ3) is 2.97. The Morgan fingerprint density at radius 1 is 1.21 bits per heavy atom. The number of hydrogen-bond acceptors (Lipinski definition) is 5. The monoisotopic (exact) mass is 324 g/mol. The molecule has 0 bridgehead atoms. The zero-order valence-electron chi connectivity index (χ0n) is 13.1. The smallest absolute Gasteiger partial charge is 0.256 e. The average molecular weight is 324 g/mol. The minimum absolute atomic E-state index is 0.336. The molecule has 24 heavy (non-hydrogen) atoms. The fourth-order valence-electron chi connectivity index (χ4n) is 2.55. The Bertz CT molecular complexity index is 798. The van der Waals surface area contributed by atoms with E-state index in [1.54, 1.807) is 42.5 Å². The van der Waals surface area contributed by atoms with Gasteiger partial charge in [-0.2, -0.15) is 5.26 Å². The average Bonchev–Trinajstić information content (AvgIpc) is 2.65. The van der Waals surface area contributed by atoms with Crippen molar-refractivity contribution in [2.45, 2.75) is 6.04 Å². The van der Waals surface area contributed by atoms with Gasteiger partial charge in [-0.3, -0.25) is 4.79 Å². The summed E-state index contributed by atoms with van der Waals surface area (Å²) in [5.74, 6) is 1.06. The van der Waals surface area contributed by atoms with Crippen LogP contribution in [0.25, 0.3) is 0 Å². The molecule has 0 fully saturated rings. The summed E-state index contributed by atoms with van der Waals surface area (Å²) in [6.07, 6.45) is 0. The third-order valence-corrected chi connectivity index (χ3v) is 3.67. The van der Waals surface area contributed by atoms with E-state index in [9.17, 15) is 10.1 Å². The van der Waals surface area contributed by atoms with Crippen molar-refractivity contribution < 1.29 is 19.0 Å².